The number of carbonyl (C=O) groups is 1. The van der Waals surface area contributed by atoms with Crippen LogP contribution < -0.4 is 0 Å². The number of amides is 1. The van der Waals surface area contributed by atoms with Crippen molar-refractivity contribution >= 4 is 28.3 Å². The van der Waals surface area contributed by atoms with Crippen molar-refractivity contribution in [2.75, 3.05) is 13.1 Å². The summed E-state index contributed by atoms with van der Waals surface area (Å²) in [5.74, 6) is -0.108. The van der Waals surface area contributed by atoms with Gasteiger partial charge in [-0.2, -0.15) is 0 Å². The molecule has 0 aliphatic carbocycles. The van der Waals surface area contributed by atoms with Crippen LogP contribution in [-0.4, -0.2) is 34.0 Å². The fourth-order valence-corrected chi connectivity index (χ4v) is 4.77. The summed E-state index contributed by atoms with van der Waals surface area (Å²) in [5.41, 5.74) is 2.09. The average molecular weight is 405 g/mol. The lowest BCUT2D eigenvalue weighted by atomic mass is 9.92. The molecular weight excluding hydrogens is 384 g/mol. The third-order valence-corrected chi connectivity index (χ3v) is 6.55. The molecule has 1 aliphatic rings. The van der Waals surface area contributed by atoms with E-state index in [9.17, 15) is 13.6 Å². The van der Waals surface area contributed by atoms with E-state index in [-0.39, 0.29) is 28.5 Å². The highest BCUT2D eigenvalue weighted by molar-refractivity contribution is 7.14. The van der Waals surface area contributed by atoms with Crippen LogP contribution in [0.15, 0.2) is 16.7 Å². The Morgan fingerprint density at radius 3 is 2.79 bits per heavy atom. The third kappa shape index (κ3) is 3.30. The van der Waals surface area contributed by atoms with Gasteiger partial charge in [0.2, 0.25) is 0 Å². The number of aryl methyl sites for hydroxylation is 3. The van der Waals surface area contributed by atoms with E-state index in [1.807, 2.05) is 19.9 Å². The average Bonchev–Trinajstić information content (AvgIpc) is 3.23. The molecule has 8 heteroatoms. The van der Waals surface area contributed by atoms with E-state index in [4.69, 9.17) is 4.52 Å². The van der Waals surface area contributed by atoms with Crippen LogP contribution in [0.25, 0.3) is 11.1 Å². The molecule has 1 fully saturated rings. The Balaban J connectivity index is 1.63. The second-order valence-corrected chi connectivity index (χ2v) is 8.58. The van der Waals surface area contributed by atoms with E-state index < -0.39 is 6.43 Å². The van der Waals surface area contributed by atoms with Gasteiger partial charge in [0.25, 0.3) is 18.0 Å². The highest BCUT2D eigenvalue weighted by Gasteiger charge is 2.29. The van der Waals surface area contributed by atoms with Gasteiger partial charge in [0.15, 0.2) is 0 Å². The van der Waals surface area contributed by atoms with Gasteiger partial charge < -0.3 is 9.42 Å². The van der Waals surface area contributed by atoms with Crippen LogP contribution in [0, 0.1) is 20.8 Å². The van der Waals surface area contributed by atoms with Crippen LogP contribution >= 0.6 is 11.3 Å². The summed E-state index contributed by atoms with van der Waals surface area (Å²) >= 11 is 1.49. The SMILES string of the molecule is Cc1cc(C(=O)N2CCC[C@@H](c3cc(C(F)F)c4c(C)noc4n3)C2)sc1C. The van der Waals surface area contributed by atoms with Crippen LogP contribution in [0.2, 0.25) is 0 Å². The number of fused-ring (bicyclic) bond motifs is 1. The zero-order chi connectivity index (χ0) is 20.0. The maximum Gasteiger partial charge on any atom is 0.264 e. The number of hydrogen-bond donors (Lipinski definition) is 0. The van der Waals surface area contributed by atoms with Crippen molar-refractivity contribution < 1.29 is 18.1 Å². The molecule has 28 heavy (non-hydrogen) atoms. The summed E-state index contributed by atoms with van der Waals surface area (Å²) in [6.45, 7) is 6.75. The Bertz CT molecular complexity index is 1020. The molecule has 1 aliphatic heterocycles. The van der Waals surface area contributed by atoms with Gasteiger partial charge in [-0.25, -0.2) is 13.8 Å². The first-order valence-corrected chi connectivity index (χ1v) is 10.1. The van der Waals surface area contributed by atoms with Gasteiger partial charge >= 0.3 is 0 Å². The Morgan fingerprint density at radius 1 is 1.32 bits per heavy atom. The molecule has 0 radical (unpaired) electrons. The number of likely N-dealkylation sites (tertiary alicyclic amines) is 1. The van der Waals surface area contributed by atoms with Crippen LogP contribution in [0.5, 0.6) is 0 Å². The molecule has 3 aromatic rings. The van der Waals surface area contributed by atoms with Gasteiger partial charge in [0.1, 0.15) is 0 Å². The lowest BCUT2D eigenvalue weighted by Crippen LogP contribution is -2.39. The minimum Gasteiger partial charge on any atom is -0.337 e. The molecule has 1 amide bonds. The Hall–Kier alpha value is -2.35. The first-order valence-electron chi connectivity index (χ1n) is 9.26. The number of rotatable bonds is 3. The minimum absolute atomic E-state index is 0.00318. The molecule has 0 unspecified atom stereocenters. The first kappa shape index (κ1) is 19.0. The summed E-state index contributed by atoms with van der Waals surface area (Å²) < 4.78 is 32.4. The maximum absolute atomic E-state index is 13.6. The standard InChI is InChI=1S/C20H21F2N3O2S/c1-10-7-16(28-12(10)3)20(26)25-6-4-5-13(9-25)15-8-14(18(21)22)17-11(2)24-27-19(17)23-15/h7-8,13,18H,4-6,9H2,1-3H3/t13-/m1/s1. The number of hydrogen-bond acceptors (Lipinski definition) is 5. The lowest BCUT2D eigenvalue weighted by molar-refractivity contribution is 0.0710. The summed E-state index contributed by atoms with van der Waals surface area (Å²) in [5, 5.41) is 4.07. The molecule has 1 saturated heterocycles. The third-order valence-electron chi connectivity index (χ3n) is 5.41. The topological polar surface area (TPSA) is 59.2 Å². The molecular formula is C20H21F2N3O2S. The summed E-state index contributed by atoms with van der Waals surface area (Å²) in [4.78, 5) is 21.0. The number of pyridine rings is 1. The maximum atomic E-state index is 13.6. The summed E-state index contributed by atoms with van der Waals surface area (Å²) in [7, 11) is 0. The molecule has 0 bridgehead atoms. The Labute approximate surface area is 165 Å². The van der Waals surface area contributed by atoms with E-state index in [1.54, 1.807) is 11.8 Å². The predicted molar refractivity (Wildman–Crippen MR) is 103 cm³/mol. The fraction of sp³-hybridized carbons (Fsp3) is 0.450. The minimum atomic E-state index is -2.64. The highest BCUT2D eigenvalue weighted by Crippen LogP contribution is 2.35. The van der Waals surface area contributed by atoms with Gasteiger partial charge in [0.05, 0.1) is 16.0 Å². The number of aromatic nitrogens is 2. The normalized spacial score (nSPS) is 17.6. The van der Waals surface area contributed by atoms with Crippen LogP contribution in [0.4, 0.5) is 8.78 Å². The molecule has 4 heterocycles. The number of thiophene rings is 1. The van der Waals surface area contributed by atoms with E-state index >= 15 is 0 Å². The zero-order valence-electron chi connectivity index (χ0n) is 16.0. The van der Waals surface area contributed by atoms with Crippen LogP contribution in [0.3, 0.4) is 0 Å². The van der Waals surface area contributed by atoms with Gasteiger partial charge in [-0.15, -0.1) is 11.3 Å². The lowest BCUT2D eigenvalue weighted by Gasteiger charge is -2.32. The van der Waals surface area contributed by atoms with Crippen molar-refractivity contribution in [2.45, 2.75) is 46.0 Å². The van der Waals surface area contributed by atoms with E-state index in [0.717, 1.165) is 28.2 Å². The van der Waals surface area contributed by atoms with Crippen molar-refractivity contribution in [3.63, 3.8) is 0 Å². The molecule has 0 saturated carbocycles. The molecule has 3 aromatic heterocycles. The monoisotopic (exact) mass is 405 g/mol. The van der Waals surface area contributed by atoms with Gasteiger partial charge in [0, 0.05) is 35.1 Å². The molecule has 1 atom stereocenters. The fourth-order valence-electron chi connectivity index (χ4n) is 3.77. The molecule has 5 nitrogen and oxygen atoms in total. The highest BCUT2D eigenvalue weighted by atomic mass is 32.1. The second kappa shape index (κ2) is 7.24. The number of halogens is 2. The van der Waals surface area contributed by atoms with Crippen LogP contribution in [0.1, 0.15) is 62.2 Å². The molecule has 148 valence electrons. The number of nitrogens with zero attached hydrogens (tertiary/aromatic N) is 3. The van der Waals surface area contributed by atoms with Crippen molar-refractivity contribution in [3.05, 3.63) is 44.4 Å². The smallest absolute Gasteiger partial charge is 0.264 e. The Morgan fingerprint density at radius 2 is 2.11 bits per heavy atom. The van der Waals surface area contributed by atoms with Crippen LogP contribution in [-0.2, 0) is 0 Å². The molecule has 4 rings (SSSR count). The quantitative estimate of drug-likeness (QED) is 0.603. The molecule has 0 spiro atoms. The van der Waals surface area contributed by atoms with E-state index in [0.29, 0.717) is 24.5 Å². The van der Waals surface area contributed by atoms with Crippen molar-refractivity contribution in [2.24, 2.45) is 0 Å². The van der Waals surface area contributed by atoms with E-state index in [2.05, 4.69) is 10.1 Å². The van der Waals surface area contributed by atoms with Gasteiger partial charge in [-0.3, -0.25) is 4.79 Å². The number of alkyl halides is 2. The number of piperidine rings is 1. The van der Waals surface area contributed by atoms with Gasteiger partial charge in [-0.1, -0.05) is 5.16 Å². The number of carbonyl (C=O) groups excluding carboxylic acids is 1. The van der Waals surface area contributed by atoms with Crippen molar-refractivity contribution in [1.29, 1.82) is 0 Å². The van der Waals surface area contributed by atoms with Crippen molar-refractivity contribution in [1.82, 2.24) is 15.0 Å². The molecule has 0 aromatic carbocycles. The zero-order valence-corrected chi connectivity index (χ0v) is 16.8. The van der Waals surface area contributed by atoms with Gasteiger partial charge in [-0.05, 0) is 51.3 Å². The molecule has 0 N–H and O–H groups in total. The Kier molecular flexibility index (Phi) is 4.91. The summed E-state index contributed by atoms with van der Waals surface area (Å²) in [6.07, 6.45) is -1.04. The second-order valence-electron chi connectivity index (χ2n) is 7.33. The summed E-state index contributed by atoms with van der Waals surface area (Å²) in [6, 6.07) is 3.37. The predicted octanol–water partition coefficient (Wildman–Crippen LogP) is 5.17. The van der Waals surface area contributed by atoms with E-state index in [1.165, 1.54) is 17.4 Å². The first-order chi connectivity index (χ1) is 13.3. The van der Waals surface area contributed by atoms with Crippen molar-refractivity contribution in [3.8, 4) is 0 Å². The largest absolute Gasteiger partial charge is 0.337 e.